The summed E-state index contributed by atoms with van der Waals surface area (Å²) in [4.78, 5) is 19.0. The third-order valence-electron chi connectivity index (χ3n) is 5.22. The predicted octanol–water partition coefficient (Wildman–Crippen LogP) is 1.53. The van der Waals surface area contributed by atoms with Crippen LogP contribution in [0.2, 0.25) is 0 Å². The molecule has 2 saturated heterocycles. The van der Waals surface area contributed by atoms with Crippen LogP contribution in [0.1, 0.15) is 39.5 Å². The average Bonchev–Trinajstić information content (AvgIpc) is 3.22. The van der Waals surface area contributed by atoms with Crippen LogP contribution < -0.4 is 10.2 Å². The van der Waals surface area contributed by atoms with Crippen molar-refractivity contribution in [2.45, 2.75) is 57.7 Å². The van der Waals surface area contributed by atoms with Crippen LogP contribution in [0.4, 0.5) is 5.82 Å². The monoisotopic (exact) mass is 341 g/mol. The van der Waals surface area contributed by atoms with Crippen LogP contribution in [-0.2, 0) is 4.79 Å². The topological polar surface area (TPSA) is 99.7 Å². The summed E-state index contributed by atoms with van der Waals surface area (Å²) in [6.07, 6.45) is 6.10. The van der Waals surface area contributed by atoms with E-state index in [9.17, 15) is 4.79 Å². The predicted molar refractivity (Wildman–Crippen MR) is 92.7 cm³/mol. The number of aromatic nitrogens is 5. The molecule has 2 unspecified atom stereocenters. The number of H-pyrrole nitrogens is 1. The number of hydrogen-bond donors (Lipinski definition) is 2. The zero-order chi connectivity index (χ0) is 17.4. The number of amides is 1. The van der Waals surface area contributed by atoms with E-state index >= 15 is 0 Å². The zero-order valence-corrected chi connectivity index (χ0v) is 14.5. The molecule has 0 radical (unpaired) electrons. The molecule has 8 heteroatoms. The highest BCUT2D eigenvalue weighted by Gasteiger charge is 2.41. The number of carbonyl (C=O) groups is 1. The largest absolute Gasteiger partial charge is 0.353 e. The molecule has 8 nitrogen and oxygen atoms in total. The van der Waals surface area contributed by atoms with E-state index in [0.717, 1.165) is 37.1 Å². The molecule has 132 valence electrons. The Balaban J connectivity index is 1.47. The SMILES string of the molecule is CC(C)C(=O)NC1CC2CCC(C1)N2c1ccc(-c2nn[nH]n2)cn1. The van der Waals surface area contributed by atoms with Crippen molar-refractivity contribution in [1.29, 1.82) is 0 Å². The highest BCUT2D eigenvalue weighted by molar-refractivity contribution is 5.78. The maximum atomic E-state index is 12.0. The Morgan fingerprint density at radius 2 is 2.04 bits per heavy atom. The maximum absolute atomic E-state index is 12.0. The van der Waals surface area contributed by atoms with Gasteiger partial charge in [0.15, 0.2) is 0 Å². The number of aromatic amines is 1. The standard InChI is InChI=1S/C17H23N7O/c1-10(2)17(25)19-12-7-13-4-5-14(8-12)24(13)15-6-3-11(9-18-15)16-20-22-23-21-16/h3,6,9-10,12-14H,4-5,7-8H2,1-2H3,(H,19,25)(H,20,21,22,23). The number of nitrogens with zero attached hydrogens (tertiary/aromatic N) is 5. The number of carbonyl (C=O) groups excluding carboxylic acids is 1. The van der Waals surface area contributed by atoms with Crippen molar-refractivity contribution in [3.63, 3.8) is 0 Å². The number of nitrogens with one attached hydrogen (secondary N) is 2. The number of tetrazole rings is 1. The quantitative estimate of drug-likeness (QED) is 0.875. The molecule has 2 aromatic rings. The van der Waals surface area contributed by atoms with Crippen molar-refractivity contribution >= 4 is 11.7 Å². The van der Waals surface area contributed by atoms with Crippen molar-refractivity contribution in [1.82, 2.24) is 30.9 Å². The molecule has 0 spiro atoms. The van der Waals surface area contributed by atoms with Crippen LogP contribution >= 0.6 is 0 Å². The van der Waals surface area contributed by atoms with Crippen LogP contribution in [0.5, 0.6) is 0 Å². The number of rotatable bonds is 4. The molecule has 2 fully saturated rings. The van der Waals surface area contributed by atoms with E-state index in [4.69, 9.17) is 0 Å². The van der Waals surface area contributed by atoms with Crippen molar-refractivity contribution in [2.75, 3.05) is 4.90 Å². The van der Waals surface area contributed by atoms with E-state index in [-0.39, 0.29) is 17.9 Å². The highest BCUT2D eigenvalue weighted by atomic mass is 16.1. The molecule has 2 aliphatic rings. The summed E-state index contributed by atoms with van der Waals surface area (Å²) in [6, 6.07) is 5.19. The van der Waals surface area contributed by atoms with Crippen molar-refractivity contribution < 1.29 is 4.79 Å². The van der Waals surface area contributed by atoms with E-state index in [0.29, 0.717) is 17.9 Å². The lowest BCUT2D eigenvalue weighted by atomic mass is 9.96. The molecular weight excluding hydrogens is 318 g/mol. The Bertz CT molecular complexity index is 714. The molecule has 4 rings (SSSR count). The Labute approximate surface area is 146 Å². The smallest absolute Gasteiger partial charge is 0.222 e. The minimum Gasteiger partial charge on any atom is -0.353 e. The molecule has 2 bridgehead atoms. The molecule has 1 amide bonds. The van der Waals surface area contributed by atoms with Gasteiger partial charge in [-0.3, -0.25) is 4.79 Å². The fraction of sp³-hybridized carbons (Fsp3) is 0.588. The summed E-state index contributed by atoms with van der Waals surface area (Å²) in [5, 5.41) is 17.2. The summed E-state index contributed by atoms with van der Waals surface area (Å²) < 4.78 is 0. The summed E-state index contributed by atoms with van der Waals surface area (Å²) in [5.41, 5.74) is 0.851. The Hall–Kier alpha value is -2.51. The first kappa shape index (κ1) is 16.0. The maximum Gasteiger partial charge on any atom is 0.222 e. The van der Waals surface area contributed by atoms with Gasteiger partial charge in [-0.05, 0) is 43.0 Å². The van der Waals surface area contributed by atoms with Gasteiger partial charge in [-0.15, -0.1) is 10.2 Å². The number of fused-ring (bicyclic) bond motifs is 2. The molecule has 2 aromatic heterocycles. The van der Waals surface area contributed by atoms with Crippen molar-refractivity contribution in [3.05, 3.63) is 18.3 Å². The van der Waals surface area contributed by atoms with Gasteiger partial charge < -0.3 is 10.2 Å². The second-order valence-electron chi connectivity index (χ2n) is 7.26. The second kappa shape index (κ2) is 6.42. The lowest BCUT2D eigenvalue weighted by molar-refractivity contribution is -0.124. The first-order valence-corrected chi connectivity index (χ1v) is 8.90. The summed E-state index contributed by atoms with van der Waals surface area (Å²) in [6.45, 7) is 3.88. The van der Waals surface area contributed by atoms with E-state index in [2.05, 4.69) is 35.8 Å². The minimum atomic E-state index is 0.0371. The summed E-state index contributed by atoms with van der Waals surface area (Å²) >= 11 is 0. The van der Waals surface area contributed by atoms with E-state index in [1.807, 2.05) is 26.0 Å². The number of piperidine rings is 1. The van der Waals surface area contributed by atoms with Gasteiger partial charge in [0.1, 0.15) is 5.82 Å². The minimum absolute atomic E-state index is 0.0371. The molecular formula is C17H23N7O. The van der Waals surface area contributed by atoms with Crippen LogP contribution in [0, 0.1) is 5.92 Å². The van der Waals surface area contributed by atoms with Crippen molar-refractivity contribution in [2.24, 2.45) is 5.92 Å². The fourth-order valence-corrected chi connectivity index (χ4v) is 3.99. The Kier molecular flexibility index (Phi) is 4.10. The molecule has 2 N–H and O–H groups in total. The molecule has 2 atom stereocenters. The van der Waals surface area contributed by atoms with Crippen LogP contribution in [0.3, 0.4) is 0 Å². The average molecular weight is 341 g/mol. The van der Waals surface area contributed by atoms with E-state index in [1.54, 1.807) is 6.20 Å². The molecule has 25 heavy (non-hydrogen) atoms. The van der Waals surface area contributed by atoms with Crippen LogP contribution in [0.25, 0.3) is 11.4 Å². The van der Waals surface area contributed by atoms with Gasteiger partial charge in [0.2, 0.25) is 11.7 Å². The second-order valence-corrected chi connectivity index (χ2v) is 7.26. The highest BCUT2D eigenvalue weighted by Crippen LogP contribution is 2.38. The number of anilines is 1. The Morgan fingerprint density at radius 1 is 1.28 bits per heavy atom. The Morgan fingerprint density at radius 3 is 2.60 bits per heavy atom. The lowest BCUT2D eigenvalue weighted by Gasteiger charge is -2.40. The number of hydrogen-bond acceptors (Lipinski definition) is 6. The van der Waals surface area contributed by atoms with Gasteiger partial charge in [0.05, 0.1) is 0 Å². The third kappa shape index (κ3) is 3.08. The summed E-state index contributed by atoms with van der Waals surface area (Å²) in [7, 11) is 0. The van der Waals surface area contributed by atoms with Gasteiger partial charge in [-0.2, -0.15) is 5.21 Å². The molecule has 2 aliphatic heterocycles. The molecule has 0 saturated carbocycles. The first-order chi connectivity index (χ1) is 12.1. The fourth-order valence-electron chi connectivity index (χ4n) is 3.99. The van der Waals surface area contributed by atoms with Gasteiger partial charge in [0, 0.05) is 35.8 Å². The van der Waals surface area contributed by atoms with Gasteiger partial charge in [0.25, 0.3) is 0 Å². The number of pyridine rings is 1. The van der Waals surface area contributed by atoms with Gasteiger partial charge in [-0.25, -0.2) is 4.98 Å². The molecule has 4 heterocycles. The first-order valence-electron chi connectivity index (χ1n) is 8.90. The van der Waals surface area contributed by atoms with Crippen molar-refractivity contribution in [3.8, 4) is 11.4 Å². The molecule has 0 aliphatic carbocycles. The van der Waals surface area contributed by atoms with E-state index in [1.165, 1.54) is 0 Å². The van der Waals surface area contributed by atoms with Crippen LogP contribution in [-0.4, -0.2) is 49.6 Å². The van der Waals surface area contributed by atoms with Gasteiger partial charge in [-0.1, -0.05) is 13.8 Å². The van der Waals surface area contributed by atoms with Gasteiger partial charge >= 0.3 is 0 Å². The summed E-state index contributed by atoms with van der Waals surface area (Å²) in [5.74, 6) is 1.74. The van der Waals surface area contributed by atoms with E-state index < -0.39 is 0 Å². The molecule has 0 aromatic carbocycles. The van der Waals surface area contributed by atoms with Crippen LogP contribution in [0.15, 0.2) is 18.3 Å². The normalized spacial score (nSPS) is 25.4. The lowest BCUT2D eigenvalue weighted by Crippen LogP contribution is -2.51. The third-order valence-corrected chi connectivity index (χ3v) is 5.22. The zero-order valence-electron chi connectivity index (χ0n) is 14.5.